The van der Waals surface area contributed by atoms with E-state index in [4.69, 9.17) is 0 Å². The van der Waals surface area contributed by atoms with Crippen LogP contribution in [0.5, 0.6) is 0 Å². The molecule has 24 heavy (non-hydrogen) atoms. The topological polar surface area (TPSA) is 67.2 Å². The molecule has 0 spiro atoms. The zero-order valence-electron chi connectivity index (χ0n) is 13.4. The first-order chi connectivity index (χ1) is 11.8. The van der Waals surface area contributed by atoms with Crippen molar-refractivity contribution >= 4 is 28.2 Å². The molecule has 2 aliphatic heterocycles. The molecule has 1 saturated heterocycles. The summed E-state index contributed by atoms with van der Waals surface area (Å²) in [6.07, 6.45) is 0.973. The van der Waals surface area contributed by atoms with Crippen molar-refractivity contribution in [3.05, 3.63) is 33.2 Å². The Balaban J connectivity index is 1.34. The molecule has 9 heteroatoms. The van der Waals surface area contributed by atoms with Gasteiger partial charge in [-0.25, -0.2) is 4.68 Å². The van der Waals surface area contributed by atoms with E-state index in [1.807, 2.05) is 11.8 Å². The molecule has 0 N–H and O–H groups in total. The normalized spacial score (nSPS) is 18.6. The van der Waals surface area contributed by atoms with Gasteiger partial charge in [0, 0.05) is 51.0 Å². The Hall–Kier alpha value is -1.45. The van der Waals surface area contributed by atoms with Gasteiger partial charge in [-0.2, -0.15) is 16.9 Å². The first-order valence-electron chi connectivity index (χ1n) is 8.21. The largest absolute Gasteiger partial charge is 0.344 e. The van der Waals surface area contributed by atoms with Crippen molar-refractivity contribution in [3.8, 4) is 0 Å². The molecule has 4 heterocycles. The summed E-state index contributed by atoms with van der Waals surface area (Å²) in [4.78, 5) is 16.9. The summed E-state index contributed by atoms with van der Waals surface area (Å²) in [7, 11) is 0. The maximum atomic E-state index is 12.2. The lowest BCUT2D eigenvalue weighted by atomic mass is 10.2. The van der Waals surface area contributed by atoms with Gasteiger partial charge in [0.15, 0.2) is 0 Å². The summed E-state index contributed by atoms with van der Waals surface area (Å²) >= 11 is 3.46. The molecular weight excluding hydrogens is 344 g/mol. The molecule has 1 fully saturated rings. The number of fused-ring (bicyclic) bond motifs is 1. The number of anilines is 1. The standard InChI is InChI=1S/C15H20N6OS2/c22-14-9-12-10-23-8-1-13(12)18-21(14)7-4-19-2-5-20(6-3-19)15-17-16-11-24-15/h9,11H,1-8,10H2. The van der Waals surface area contributed by atoms with Crippen LogP contribution in [-0.2, 0) is 18.7 Å². The van der Waals surface area contributed by atoms with E-state index < -0.39 is 0 Å². The predicted molar refractivity (Wildman–Crippen MR) is 96.9 cm³/mol. The third-order valence-electron chi connectivity index (χ3n) is 4.52. The number of aryl methyl sites for hydroxylation is 1. The zero-order valence-corrected chi connectivity index (χ0v) is 15.1. The molecule has 2 aliphatic rings. The van der Waals surface area contributed by atoms with Crippen molar-refractivity contribution in [1.82, 2.24) is 24.9 Å². The van der Waals surface area contributed by atoms with Crippen molar-refractivity contribution < 1.29 is 0 Å². The zero-order chi connectivity index (χ0) is 16.4. The monoisotopic (exact) mass is 364 g/mol. The van der Waals surface area contributed by atoms with Gasteiger partial charge in [0.2, 0.25) is 5.13 Å². The van der Waals surface area contributed by atoms with Gasteiger partial charge in [-0.3, -0.25) is 9.69 Å². The number of hydrogen-bond donors (Lipinski definition) is 0. The molecule has 7 nitrogen and oxygen atoms in total. The van der Waals surface area contributed by atoms with E-state index in [1.54, 1.807) is 27.6 Å². The second-order valence-corrected chi connectivity index (χ2v) is 7.95. The number of aromatic nitrogens is 4. The second kappa shape index (κ2) is 7.20. The highest BCUT2D eigenvalue weighted by Gasteiger charge is 2.19. The van der Waals surface area contributed by atoms with Crippen LogP contribution < -0.4 is 10.5 Å². The molecule has 128 valence electrons. The summed E-state index contributed by atoms with van der Waals surface area (Å²) in [5.41, 5.74) is 4.03. The molecule has 4 rings (SSSR count). The van der Waals surface area contributed by atoms with Gasteiger partial charge in [0.05, 0.1) is 12.2 Å². The van der Waals surface area contributed by atoms with Crippen LogP contribution in [0.4, 0.5) is 5.13 Å². The second-order valence-electron chi connectivity index (χ2n) is 6.03. The highest BCUT2D eigenvalue weighted by molar-refractivity contribution is 7.98. The van der Waals surface area contributed by atoms with Crippen LogP contribution in [0.3, 0.4) is 0 Å². The molecule has 0 bridgehead atoms. The van der Waals surface area contributed by atoms with Crippen LogP contribution in [0, 0.1) is 0 Å². The van der Waals surface area contributed by atoms with E-state index in [0.29, 0.717) is 6.54 Å². The lowest BCUT2D eigenvalue weighted by molar-refractivity contribution is 0.242. The quantitative estimate of drug-likeness (QED) is 0.791. The van der Waals surface area contributed by atoms with Crippen molar-refractivity contribution in [1.29, 1.82) is 0 Å². The average molecular weight is 365 g/mol. The van der Waals surface area contributed by atoms with Crippen molar-refractivity contribution in [2.75, 3.05) is 43.4 Å². The van der Waals surface area contributed by atoms with Gasteiger partial charge in [-0.05, 0) is 11.3 Å². The Kier molecular flexibility index (Phi) is 4.81. The van der Waals surface area contributed by atoms with Gasteiger partial charge >= 0.3 is 0 Å². The summed E-state index contributed by atoms with van der Waals surface area (Å²) in [6.45, 7) is 5.41. The van der Waals surface area contributed by atoms with E-state index in [-0.39, 0.29) is 5.56 Å². The van der Waals surface area contributed by atoms with E-state index >= 15 is 0 Å². The lowest BCUT2D eigenvalue weighted by Gasteiger charge is -2.34. The smallest absolute Gasteiger partial charge is 0.267 e. The van der Waals surface area contributed by atoms with Crippen LogP contribution in [0.25, 0.3) is 0 Å². The number of nitrogens with zero attached hydrogens (tertiary/aromatic N) is 6. The summed E-state index contributed by atoms with van der Waals surface area (Å²) in [5, 5.41) is 13.6. The maximum Gasteiger partial charge on any atom is 0.267 e. The highest BCUT2D eigenvalue weighted by atomic mass is 32.2. The highest BCUT2D eigenvalue weighted by Crippen LogP contribution is 2.21. The Morgan fingerprint density at radius 1 is 1.17 bits per heavy atom. The number of piperazine rings is 1. The molecular formula is C15H20N6OS2. The Morgan fingerprint density at radius 2 is 2.04 bits per heavy atom. The van der Waals surface area contributed by atoms with Crippen molar-refractivity contribution in [2.24, 2.45) is 0 Å². The van der Waals surface area contributed by atoms with E-state index in [9.17, 15) is 4.79 Å². The molecule has 0 aromatic carbocycles. The average Bonchev–Trinajstić information content (AvgIpc) is 3.15. The summed E-state index contributed by atoms with van der Waals surface area (Å²) < 4.78 is 1.64. The third-order valence-corrected chi connectivity index (χ3v) is 6.28. The van der Waals surface area contributed by atoms with Gasteiger partial charge in [-0.1, -0.05) is 11.3 Å². The molecule has 0 saturated carbocycles. The van der Waals surface area contributed by atoms with Crippen LogP contribution in [-0.4, -0.2) is 63.4 Å². The molecule has 0 unspecified atom stereocenters. The van der Waals surface area contributed by atoms with Gasteiger partial charge in [-0.15, -0.1) is 10.2 Å². The first-order valence-corrected chi connectivity index (χ1v) is 10.2. The van der Waals surface area contributed by atoms with Gasteiger partial charge < -0.3 is 4.90 Å². The molecule has 2 aromatic heterocycles. The Labute approximate surface area is 148 Å². The van der Waals surface area contributed by atoms with Crippen LogP contribution in [0.1, 0.15) is 11.3 Å². The van der Waals surface area contributed by atoms with E-state index in [1.165, 1.54) is 0 Å². The Bertz CT molecular complexity index is 739. The van der Waals surface area contributed by atoms with Gasteiger partial charge in [0.1, 0.15) is 5.51 Å². The maximum absolute atomic E-state index is 12.2. The SMILES string of the molecule is O=c1cc2c(nn1CCN1CCN(c3nncs3)CC1)CCSC2. The molecule has 2 aromatic rings. The minimum atomic E-state index is 0.0312. The van der Waals surface area contributed by atoms with Crippen molar-refractivity contribution in [3.63, 3.8) is 0 Å². The fourth-order valence-corrected chi connectivity index (χ4v) is 4.68. The van der Waals surface area contributed by atoms with E-state index in [2.05, 4.69) is 25.1 Å². The fourth-order valence-electron chi connectivity index (χ4n) is 3.12. The fraction of sp³-hybridized carbons (Fsp3) is 0.600. The minimum Gasteiger partial charge on any atom is -0.344 e. The lowest BCUT2D eigenvalue weighted by Crippen LogP contribution is -2.47. The number of hydrogen-bond acceptors (Lipinski definition) is 8. The summed E-state index contributed by atoms with van der Waals surface area (Å²) in [6, 6.07) is 1.78. The number of rotatable bonds is 4. The van der Waals surface area contributed by atoms with Crippen LogP contribution >= 0.6 is 23.1 Å². The first kappa shape index (κ1) is 16.0. The Morgan fingerprint density at radius 3 is 2.83 bits per heavy atom. The van der Waals surface area contributed by atoms with Crippen LogP contribution in [0.2, 0.25) is 0 Å². The summed E-state index contributed by atoms with van der Waals surface area (Å²) in [5.74, 6) is 2.03. The van der Waals surface area contributed by atoms with Crippen LogP contribution in [0.15, 0.2) is 16.4 Å². The third kappa shape index (κ3) is 3.47. The molecule has 0 aliphatic carbocycles. The molecule has 0 atom stereocenters. The minimum absolute atomic E-state index is 0.0312. The molecule has 0 radical (unpaired) electrons. The van der Waals surface area contributed by atoms with Crippen molar-refractivity contribution in [2.45, 2.75) is 18.7 Å². The van der Waals surface area contributed by atoms with E-state index in [0.717, 1.165) is 67.0 Å². The molecule has 0 amide bonds. The van der Waals surface area contributed by atoms with Gasteiger partial charge in [0.25, 0.3) is 5.56 Å². The predicted octanol–water partition coefficient (Wildman–Crippen LogP) is 0.706. The number of thioether (sulfide) groups is 1.